The molecule has 0 fully saturated rings. The van der Waals surface area contributed by atoms with Gasteiger partial charge in [-0.25, -0.2) is 4.39 Å². The third-order valence-electron chi connectivity index (χ3n) is 3.12. The predicted molar refractivity (Wildman–Crippen MR) is 80.2 cm³/mol. The van der Waals surface area contributed by atoms with E-state index in [0.717, 1.165) is 31.6 Å². The lowest BCUT2D eigenvalue weighted by Gasteiger charge is -2.25. The second kappa shape index (κ2) is 8.53. The molecule has 2 N–H and O–H groups in total. The van der Waals surface area contributed by atoms with Gasteiger partial charge in [-0.2, -0.15) is 0 Å². The van der Waals surface area contributed by atoms with Crippen molar-refractivity contribution < 1.29 is 9.18 Å². The molecule has 0 aliphatic carbocycles. The molecule has 112 valence electrons. The van der Waals surface area contributed by atoms with Crippen LogP contribution in [0.4, 0.5) is 10.1 Å². The van der Waals surface area contributed by atoms with Crippen LogP contribution in [-0.4, -0.2) is 44.5 Å². The fraction of sp³-hybridized carbons (Fsp3) is 0.533. The molecule has 0 aromatic heterocycles. The first kappa shape index (κ1) is 16.4. The van der Waals surface area contributed by atoms with Crippen molar-refractivity contribution in [1.82, 2.24) is 4.90 Å². The first-order chi connectivity index (χ1) is 9.54. The summed E-state index contributed by atoms with van der Waals surface area (Å²) in [4.78, 5) is 15.2. The number of nitrogens with zero attached hydrogens (tertiary/aromatic N) is 2. The minimum absolute atomic E-state index is 0.114. The topological polar surface area (TPSA) is 49.6 Å². The van der Waals surface area contributed by atoms with E-state index in [1.165, 1.54) is 12.1 Å². The van der Waals surface area contributed by atoms with Crippen LogP contribution in [0.25, 0.3) is 0 Å². The zero-order valence-electron chi connectivity index (χ0n) is 12.3. The van der Waals surface area contributed by atoms with Crippen LogP contribution in [0.3, 0.4) is 0 Å². The molecule has 0 saturated carbocycles. The lowest BCUT2D eigenvalue weighted by molar-refractivity contribution is -0.128. The van der Waals surface area contributed by atoms with Gasteiger partial charge < -0.3 is 15.5 Å². The smallest absolute Gasteiger partial charge is 0.222 e. The van der Waals surface area contributed by atoms with Crippen molar-refractivity contribution in [1.29, 1.82) is 0 Å². The van der Waals surface area contributed by atoms with Crippen molar-refractivity contribution >= 4 is 11.6 Å². The number of halogens is 1. The Hall–Kier alpha value is -1.62. The van der Waals surface area contributed by atoms with E-state index in [1.807, 2.05) is 6.07 Å². The number of carbonyl (C=O) groups excluding carboxylic acids is 1. The van der Waals surface area contributed by atoms with E-state index in [9.17, 15) is 9.18 Å². The molecule has 20 heavy (non-hydrogen) atoms. The Morgan fingerprint density at radius 3 is 2.55 bits per heavy atom. The number of anilines is 1. The van der Waals surface area contributed by atoms with Gasteiger partial charge in [0.15, 0.2) is 0 Å². The van der Waals surface area contributed by atoms with Gasteiger partial charge in [0.2, 0.25) is 5.91 Å². The van der Waals surface area contributed by atoms with E-state index in [0.29, 0.717) is 13.0 Å². The number of rotatable bonds is 8. The number of amides is 1. The van der Waals surface area contributed by atoms with Crippen LogP contribution in [0.1, 0.15) is 19.3 Å². The molecule has 1 amide bonds. The Balaban J connectivity index is 2.58. The molecule has 0 spiro atoms. The SMILES string of the molecule is CN(C)C(=O)CCCN(CCCN)c1cccc(F)c1. The van der Waals surface area contributed by atoms with Crippen LogP contribution < -0.4 is 10.6 Å². The molecule has 1 aromatic rings. The molecule has 5 heteroatoms. The second-order valence-corrected chi connectivity index (χ2v) is 5.00. The summed E-state index contributed by atoms with van der Waals surface area (Å²) >= 11 is 0. The van der Waals surface area contributed by atoms with Crippen LogP contribution >= 0.6 is 0 Å². The average Bonchev–Trinajstić information content (AvgIpc) is 2.42. The lowest BCUT2D eigenvalue weighted by Crippen LogP contribution is -2.29. The number of hydrogen-bond donors (Lipinski definition) is 1. The maximum atomic E-state index is 13.3. The molecule has 0 radical (unpaired) electrons. The van der Waals surface area contributed by atoms with E-state index in [2.05, 4.69) is 4.90 Å². The molecule has 0 aliphatic rings. The van der Waals surface area contributed by atoms with Gasteiger partial charge in [-0.3, -0.25) is 4.79 Å². The summed E-state index contributed by atoms with van der Waals surface area (Å²) in [7, 11) is 3.50. The molecule has 1 rings (SSSR count). The molecule has 0 aliphatic heterocycles. The monoisotopic (exact) mass is 281 g/mol. The average molecular weight is 281 g/mol. The van der Waals surface area contributed by atoms with E-state index < -0.39 is 0 Å². The Labute approximate surface area is 120 Å². The van der Waals surface area contributed by atoms with E-state index in [1.54, 1.807) is 25.1 Å². The van der Waals surface area contributed by atoms with Gasteiger partial charge in [0.05, 0.1) is 0 Å². The van der Waals surface area contributed by atoms with Gasteiger partial charge >= 0.3 is 0 Å². The van der Waals surface area contributed by atoms with Gasteiger partial charge in [0.25, 0.3) is 0 Å². The van der Waals surface area contributed by atoms with Crippen molar-refractivity contribution in [3.8, 4) is 0 Å². The summed E-state index contributed by atoms with van der Waals surface area (Å²) in [5, 5.41) is 0. The van der Waals surface area contributed by atoms with Gasteiger partial charge in [-0.15, -0.1) is 0 Å². The Morgan fingerprint density at radius 1 is 1.25 bits per heavy atom. The highest BCUT2D eigenvalue weighted by Crippen LogP contribution is 2.16. The van der Waals surface area contributed by atoms with Crippen LogP contribution in [0.15, 0.2) is 24.3 Å². The number of carbonyl (C=O) groups is 1. The van der Waals surface area contributed by atoms with Crippen molar-refractivity contribution in [2.45, 2.75) is 19.3 Å². The summed E-state index contributed by atoms with van der Waals surface area (Å²) in [5.74, 6) is -0.132. The number of hydrogen-bond acceptors (Lipinski definition) is 3. The first-order valence-corrected chi connectivity index (χ1v) is 6.95. The molecule has 0 atom stereocenters. The van der Waals surface area contributed by atoms with E-state index in [-0.39, 0.29) is 11.7 Å². The summed E-state index contributed by atoms with van der Waals surface area (Å²) < 4.78 is 13.3. The minimum Gasteiger partial charge on any atom is -0.371 e. The summed E-state index contributed by atoms with van der Waals surface area (Å²) in [6, 6.07) is 6.53. The molecule has 0 unspecified atom stereocenters. The Morgan fingerprint density at radius 2 is 1.95 bits per heavy atom. The number of benzene rings is 1. The van der Waals surface area contributed by atoms with Gasteiger partial charge in [-0.1, -0.05) is 6.07 Å². The van der Waals surface area contributed by atoms with Crippen molar-refractivity contribution in [2.24, 2.45) is 5.73 Å². The maximum Gasteiger partial charge on any atom is 0.222 e. The summed E-state index contributed by atoms with van der Waals surface area (Å²) in [6.07, 6.45) is 2.09. The van der Waals surface area contributed by atoms with Gasteiger partial charge in [-0.05, 0) is 37.6 Å². The summed E-state index contributed by atoms with van der Waals surface area (Å²) in [5.41, 5.74) is 6.38. The second-order valence-electron chi connectivity index (χ2n) is 5.00. The van der Waals surface area contributed by atoms with Crippen LogP contribution in [0, 0.1) is 5.82 Å². The fourth-order valence-corrected chi connectivity index (χ4v) is 1.97. The van der Waals surface area contributed by atoms with E-state index in [4.69, 9.17) is 5.73 Å². The van der Waals surface area contributed by atoms with Gasteiger partial charge in [0, 0.05) is 39.3 Å². The quantitative estimate of drug-likeness (QED) is 0.791. The predicted octanol–water partition coefficient (Wildman–Crippen LogP) is 1.85. The molecule has 0 bridgehead atoms. The normalized spacial score (nSPS) is 10.4. The van der Waals surface area contributed by atoms with Crippen molar-refractivity contribution in [3.05, 3.63) is 30.1 Å². The third-order valence-corrected chi connectivity index (χ3v) is 3.12. The van der Waals surface area contributed by atoms with Crippen LogP contribution in [-0.2, 0) is 4.79 Å². The highest BCUT2D eigenvalue weighted by atomic mass is 19.1. The van der Waals surface area contributed by atoms with Crippen molar-refractivity contribution in [2.75, 3.05) is 38.6 Å². The van der Waals surface area contributed by atoms with E-state index >= 15 is 0 Å². The Kier molecular flexibility index (Phi) is 7.01. The fourth-order valence-electron chi connectivity index (χ4n) is 1.97. The summed E-state index contributed by atoms with van der Waals surface area (Å²) in [6.45, 7) is 2.10. The highest BCUT2D eigenvalue weighted by molar-refractivity contribution is 5.75. The highest BCUT2D eigenvalue weighted by Gasteiger charge is 2.09. The zero-order chi connectivity index (χ0) is 15.0. The van der Waals surface area contributed by atoms with Crippen LogP contribution in [0.5, 0.6) is 0 Å². The Bertz CT molecular complexity index is 423. The lowest BCUT2D eigenvalue weighted by atomic mass is 10.2. The first-order valence-electron chi connectivity index (χ1n) is 6.95. The largest absolute Gasteiger partial charge is 0.371 e. The number of nitrogens with two attached hydrogens (primary N) is 1. The molecule has 0 saturated heterocycles. The van der Waals surface area contributed by atoms with Crippen molar-refractivity contribution in [3.63, 3.8) is 0 Å². The maximum absolute atomic E-state index is 13.3. The zero-order valence-corrected chi connectivity index (χ0v) is 12.3. The minimum atomic E-state index is -0.246. The molecular formula is C15H24FN3O. The van der Waals surface area contributed by atoms with Gasteiger partial charge in [0.1, 0.15) is 5.82 Å². The molecular weight excluding hydrogens is 257 g/mol. The molecule has 0 heterocycles. The third kappa shape index (κ3) is 5.57. The standard InChI is InChI=1S/C15H24FN3O/c1-18(2)15(20)8-4-10-19(11-5-9-17)14-7-3-6-13(16)12-14/h3,6-7,12H,4-5,8-11,17H2,1-2H3. The molecule has 4 nitrogen and oxygen atoms in total. The van der Waals surface area contributed by atoms with Crippen LogP contribution in [0.2, 0.25) is 0 Å². The molecule has 1 aromatic carbocycles.